The standard InChI is InChI=1S/C14H27NO3/c1-14(2,3)18-13(16)7-8-15(4)10-12-6-5-9-17-11-12/h12H,5-11H2,1-4H3. The van der Waals surface area contributed by atoms with Gasteiger partial charge in [0.2, 0.25) is 0 Å². The Labute approximate surface area is 111 Å². The van der Waals surface area contributed by atoms with Crippen LogP contribution in [0.1, 0.15) is 40.0 Å². The molecule has 1 rings (SSSR count). The third-order valence-corrected chi connectivity index (χ3v) is 2.94. The highest BCUT2D eigenvalue weighted by molar-refractivity contribution is 5.70. The van der Waals surface area contributed by atoms with E-state index in [1.807, 2.05) is 20.8 Å². The van der Waals surface area contributed by atoms with Gasteiger partial charge < -0.3 is 14.4 Å². The van der Waals surface area contributed by atoms with Gasteiger partial charge in [-0.1, -0.05) is 0 Å². The van der Waals surface area contributed by atoms with E-state index in [-0.39, 0.29) is 11.6 Å². The first kappa shape index (κ1) is 15.4. The molecule has 0 aromatic heterocycles. The van der Waals surface area contributed by atoms with Crippen molar-refractivity contribution in [2.24, 2.45) is 5.92 Å². The lowest BCUT2D eigenvalue weighted by Gasteiger charge is -2.27. The number of ether oxygens (including phenoxy) is 2. The number of hydrogen-bond donors (Lipinski definition) is 0. The van der Waals surface area contributed by atoms with Crippen molar-refractivity contribution in [3.05, 3.63) is 0 Å². The first-order valence-electron chi connectivity index (χ1n) is 6.85. The molecule has 0 amide bonds. The molecule has 0 N–H and O–H groups in total. The number of carbonyl (C=O) groups is 1. The van der Waals surface area contributed by atoms with Crippen molar-refractivity contribution in [1.82, 2.24) is 4.90 Å². The molecule has 18 heavy (non-hydrogen) atoms. The van der Waals surface area contributed by atoms with Crippen LogP contribution >= 0.6 is 0 Å². The number of carbonyl (C=O) groups excluding carboxylic acids is 1. The maximum atomic E-state index is 11.6. The van der Waals surface area contributed by atoms with Crippen LogP contribution in [0.3, 0.4) is 0 Å². The Bertz CT molecular complexity index is 254. The number of rotatable bonds is 5. The third kappa shape index (κ3) is 6.97. The van der Waals surface area contributed by atoms with Crippen LogP contribution < -0.4 is 0 Å². The summed E-state index contributed by atoms with van der Waals surface area (Å²) in [5.74, 6) is 0.497. The summed E-state index contributed by atoms with van der Waals surface area (Å²) in [4.78, 5) is 13.8. The molecule has 0 saturated carbocycles. The molecule has 1 aliphatic rings. The molecule has 1 saturated heterocycles. The van der Waals surface area contributed by atoms with Gasteiger partial charge in [-0.25, -0.2) is 0 Å². The van der Waals surface area contributed by atoms with Crippen LogP contribution in [0.25, 0.3) is 0 Å². The van der Waals surface area contributed by atoms with Crippen molar-refractivity contribution in [3.8, 4) is 0 Å². The first-order valence-corrected chi connectivity index (χ1v) is 6.85. The van der Waals surface area contributed by atoms with Gasteiger partial charge in [-0.3, -0.25) is 4.79 Å². The fourth-order valence-electron chi connectivity index (χ4n) is 2.16. The lowest BCUT2D eigenvalue weighted by molar-refractivity contribution is -0.155. The average Bonchev–Trinajstić information content (AvgIpc) is 2.25. The van der Waals surface area contributed by atoms with Crippen molar-refractivity contribution in [2.45, 2.75) is 45.6 Å². The van der Waals surface area contributed by atoms with E-state index >= 15 is 0 Å². The normalized spacial score (nSPS) is 21.1. The molecule has 1 fully saturated rings. The van der Waals surface area contributed by atoms with E-state index < -0.39 is 0 Å². The molecule has 0 bridgehead atoms. The second-order valence-electron chi connectivity index (χ2n) is 6.18. The zero-order valence-corrected chi connectivity index (χ0v) is 12.2. The molecule has 1 atom stereocenters. The molecule has 0 aromatic carbocycles. The van der Waals surface area contributed by atoms with Gasteiger partial charge in [-0.15, -0.1) is 0 Å². The van der Waals surface area contributed by atoms with Crippen LogP contribution in [-0.4, -0.2) is 49.8 Å². The minimum absolute atomic E-state index is 0.116. The highest BCUT2D eigenvalue weighted by atomic mass is 16.6. The Balaban J connectivity index is 2.16. The van der Waals surface area contributed by atoms with E-state index in [9.17, 15) is 4.79 Å². The smallest absolute Gasteiger partial charge is 0.307 e. The summed E-state index contributed by atoms with van der Waals surface area (Å²) in [5, 5.41) is 0. The predicted molar refractivity (Wildman–Crippen MR) is 71.5 cm³/mol. The summed E-state index contributed by atoms with van der Waals surface area (Å²) in [6.07, 6.45) is 2.85. The third-order valence-electron chi connectivity index (χ3n) is 2.94. The highest BCUT2D eigenvalue weighted by Crippen LogP contribution is 2.14. The van der Waals surface area contributed by atoms with Gasteiger partial charge in [0.15, 0.2) is 0 Å². The number of nitrogens with zero attached hydrogens (tertiary/aromatic N) is 1. The summed E-state index contributed by atoms with van der Waals surface area (Å²) < 4.78 is 10.7. The van der Waals surface area contributed by atoms with Crippen molar-refractivity contribution >= 4 is 5.97 Å². The lowest BCUT2D eigenvalue weighted by atomic mass is 10.0. The Hall–Kier alpha value is -0.610. The molecular weight excluding hydrogens is 230 g/mol. The van der Waals surface area contributed by atoms with Gasteiger partial charge in [0.1, 0.15) is 5.60 Å². The van der Waals surface area contributed by atoms with E-state index in [0.717, 1.165) is 32.7 Å². The van der Waals surface area contributed by atoms with E-state index in [4.69, 9.17) is 9.47 Å². The predicted octanol–water partition coefficient (Wildman–Crippen LogP) is 2.08. The molecule has 106 valence electrons. The fraction of sp³-hybridized carbons (Fsp3) is 0.929. The second kappa shape index (κ2) is 7.10. The maximum absolute atomic E-state index is 11.6. The molecule has 4 nitrogen and oxygen atoms in total. The van der Waals surface area contributed by atoms with Gasteiger partial charge in [-0.05, 0) is 46.6 Å². The second-order valence-corrected chi connectivity index (χ2v) is 6.18. The zero-order chi connectivity index (χ0) is 13.6. The van der Waals surface area contributed by atoms with Gasteiger partial charge >= 0.3 is 5.97 Å². The van der Waals surface area contributed by atoms with E-state index in [1.54, 1.807) is 0 Å². The van der Waals surface area contributed by atoms with Crippen LogP contribution in [0.2, 0.25) is 0 Å². The topological polar surface area (TPSA) is 38.8 Å². The van der Waals surface area contributed by atoms with Gasteiger partial charge in [0.25, 0.3) is 0 Å². The van der Waals surface area contributed by atoms with Crippen LogP contribution in [0.4, 0.5) is 0 Å². The molecule has 0 radical (unpaired) electrons. The Morgan fingerprint density at radius 3 is 2.72 bits per heavy atom. The van der Waals surface area contributed by atoms with Gasteiger partial charge in [0, 0.05) is 19.7 Å². The molecule has 1 aliphatic heterocycles. The van der Waals surface area contributed by atoms with E-state index in [1.165, 1.54) is 6.42 Å². The summed E-state index contributed by atoms with van der Waals surface area (Å²) in [7, 11) is 2.05. The summed E-state index contributed by atoms with van der Waals surface area (Å²) in [6, 6.07) is 0. The number of esters is 1. The van der Waals surface area contributed by atoms with Crippen molar-refractivity contribution < 1.29 is 14.3 Å². The molecule has 1 heterocycles. The Morgan fingerprint density at radius 1 is 1.44 bits per heavy atom. The summed E-state index contributed by atoms with van der Waals surface area (Å²) >= 11 is 0. The monoisotopic (exact) mass is 257 g/mol. The summed E-state index contributed by atoms with van der Waals surface area (Å²) in [6.45, 7) is 9.21. The van der Waals surface area contributed by atoms with Crippen LogP contribution in [0.5, 0.6) is 0 Å². The molecule has 4 heteroatoms. The molecule has 1 unspecified atom stereocenters. The quantitative estimate of drug-likeness (QED) is 0.707. The maximum Gasteiger partial charge on any atom is 0.307 e. The van der Waals surface area contributed by atoms with Crippen molar-refractivity contribution in [2.75, 3.05) is 33.4 Å². The Morgan fingerprint density at radius 2 is 2.17 bits per heavy atom. The largest absolute Gasteiger partial charge is 0.460 e. The molecule has 0 aromatic rings. The lowest BCUT2D eigenvalue weighted by Crippen LogP contribution is -2.33. The zero-order valence-electron chi connectivity index (χ0n) is 12.2. The SMILES string of the molecule is CN(CCC(=O)OC(C)(C)C)CC1CCCOC1. The summed E-state index contributed by atoms with van der Waals surface area (Å²) in [5.41, 5.74) is -0.382. The van der Waals surface area contributed by atoms with Crippen LogP contribution in [-0.2, 0) is 14.3 Å². The minimum Gasteiger partial charge on any atom is -0.460 e. The van der Waals surface area contributed by atoms with Crippen LogP contribution in [0, 0.1) is 5.92 Å². The molecular formula is C14H27NO3. The van der Waals surface area contributed by atoms with Crippen molar-refractivity contribution in [3.63, 3.8) is 0 Å². The Kier molecular flexibility index (Phi) is 6.09. The van der Waals surface area contributed by atoms with Gasteiger partial charge in [0.05, 0.1) is 13.0 Å². The molecule has 0 aliphatic carbocycles. The van der Waals surface area contributed by atoms with Gasteiger partial charge in [-0.2, -0.15) is 0 Å². The van der Waals surface area contributed by atoms with E-state index in [0.29, 0.717) is 12.3 Å². The van der Waals surface area contributed by atoms with E-state index in [2.05, 4.69) is 11.9 Å². The first-order chi connectivity index (χ1) is 8.37. The molecule has 0 spiro atoms. The fourth-order valence-corrected chi connectivity index (χ4v) is 2.16. The highest BCUT2D eigenvalue weighted by Gasteiger charge is 2.18. The average molecular weight is 257 g/mol. The number of hydrogen-bond acceptors (Lipinski definition) is 4. The van der Waals surface area contributed by atoms with Crippen molar-refractivity contribution in [1.29, 1.82) is 0 Å². The minimum atomic E-state index is -0.382. The van der Waals surface area contributed by atoms with Crippen LogP contribution in [0.15, 0.2) is 0 Å².